The lowest BCUT2D eigenvalue weighted by Crippen LogP contribution is -1.85. The molecule has 3 rings (SSSR count). The smallest absolute Gasteiger partial charge is 0.0725 e. The first-order chi connectivity index (χ1) is 8.15. The van der Waals surface area contributed by atoms with Gasteiger partial charge in [0.05, 0.1) is 16.1 Å². The Hall–Kier alpha value is -0.640. The zero-order valence-electron chi connectivity index (χ0n) is 8.55. The minimum absolute atomic E-state index is 0.743. The van der Waals surface area contributed by atoms with Crippen LogP contribution in [0.25, 0.3) is 21.8 Å². The van der Waals surface area contributed by atoms with E-state index in [9.17, 15) is 0 Å². The van der Waals surface area contributed by atoms with Gasteiger partial charge < -0.3 is 0 Å². The van der Waals surface area contributed by atoms with Crippen LogP contribution < -0.4 is 0 Å². The summed E-state index contributed by atoms with van der Waals surface area (Å²) in [5.74, 6) is 0. The average molecular weight is 371 g/mol. The number of rotatable bonds is 0. The minimum Gasteiger partial charge on any atom is -0.248 e. The second kappa shape index (κ2) is 4.23. The van der Waals surface area contributed by atoms with Crippen LogP contribution >= 0.6 is 43.5 Å². The van der Waals surface area contributed by atoms with Crippen molar-refractivity contribution in [3.05, 3.63) is 50.4 Å². The van der Waals surface area contributed by atoms with Gasteiger partial charge in [-0.3, -0.25) is 0 Å². The van der Waals surface area contributed by atoms with Crippen molar-refractivity contribution in [2.24, 2.45) is 0 Å². The predicted octanol–water partition coefficient (Wildman–Crippen LogP) is 5.57. The van der Waals surface area contributed by atoms with Gasteiger partial charge in [0.25, 0.3) is 0 Å². The van der Waals surface area contributed by atoms with Crippen LogP contribution in [0, 0.1) is 0 Å². The first kappa shape index (κ1) is 11.5. The lowest BCUT2D eigenvalue weighted by atomic mass is 10.1. The highest BCUT2D eigenvalue weighted by atomic mass is 79.9. The molecule has 0 atom stereocenters. The molecule has 17 heavy (non-hydrogen) atoms. The van der Waals surface area contributed by atoms with E-state index < -0.39 is 0 Å². The van der Waals surface area contributed by atoms with Gasteiger partial charge in [-0.25, -0.2) is 4.98 Å². The molecule has 0 aliphatic rings. The molecule has 2 aromatic carbocycles. The Morgan fingerprint density at radius 2 is 1.29 bits per heavy atom. The fraction of sp³-hybridized carbons (Fsp3) is 0. The van der Waals surface area contributed by atoms with Crippen molar-refractivity contribution in [3.63, 3.8) is 0 Å². The van der Waals surface area contributed by atoms with Crippen molar-refractivity contribution in [3.8, 4) is 0 Å². The highest BCUT2D eigenvalue weighted by Crippen LogP contribution is 2.33. The van der Waals surface area contributed by atoms with E-state index in [0.29, 0.717) is 0 Å². The lowest BCUT2D eigenvalue weighted by Gasteiger charge is -2.06. The van der Waals surface area contributed by atoms with E-state index in [-0.39, 0.29) is 0 Å². The normalized spacial score (nSPS) is 11.2. The fourth-order valence-electron chi connectivity index (χ4n) is 1.84. The van der Waals surface area contributed by atoms with Crippen molar-refractivity contribution in [2.45, 2.75) is 0 Å². The zero-order chi connectivity index (χ0) is 12.0. The van der Waals surface area contributed by atoms with Crippen LogP contribution in [0.1, 0.15) is 0 Å². The van der Waals surface area contributed by atoms with Gasteiger partial charge in [-0.05, 0) is 36.4 Å². The summed E-state index contributed by atoms with van der Waals surface area (Å²) in [6.45, 7) is 0. The molecule has 1 heterocycles. The highest BCUT2D eigenvalue weighted by molar-refractivity contribution is 9.10. The lowest BCUT2D eigenvalue weighted by molar-refractivity contribution is 1.49. The SMILES string of the molecule is Clc1c2cc(Br)ccc2nc2ccc(Br)cc12. The quantitative estimate of drug-likeness (QED) is 0.471. The van der Waals surface area contributed by atoms with Gasteiger partial charge >= 0.3 is 0 Å². The third kappa shape index (κ3) is 1.96. The molecule has 4 heteroatoms. The Balaban J connectivity index is 2.53. The van der Waals surface area contributed by atoms with E-state index in [2.05, 4.69) is 36.8 Å². The van der Waals surface area contributed by atoms with Crippen molar-refractivity contribution in [1.82, 2.24) is 4.98 Å². The van der Waals surface area contributed by atoms with E-state index in [1.165, 1.54) is 0 Å². The Labute approximate surface area is 120 Å². The van der Waals surface area contributed by atoms with Crippen LogP contribution in [-0.2, 0) is 0 Å². The molecular formula is C13H6Br2ClN. The second-order valence-corrected chi connectivity index (χ2v) is 5.96. The largest absolute Gasteiger partial charge is 0.248 e. The zero-order valence-corrected chi connectivity index (χ0v) is 12.5. The maximum Gasteiger partial charge on any atom is 0.0725 e. The maximum absolute atomic E-state index is 6.44. The Bertz CT molecular complexity index is 680. The molecule has 84 valence electrons. The van der Waals surface area contributed by atoms with Crippen LogP contribution in [0.4, 0.5) is 0 Å². The molecule has 0 aliphatic carbocycles. The van der Waals surface area contributed by atoms with Crippen LogP contribution in [0.2, 0.25) is 5.02 Å². The van der Waals surface area contributed by atoms with Crippen LogP contribution in [0.5, 0.6) is 0 Å². The van der Waals surface area contributed by atoms with Gasteiger partial charge in [-0.15, -0.1) is 0 Å². The summed E-state index contributed by atoms with van der Waals surface area (Å²) in [7, 11) is 0. The summed E-state index contributed by atoms with van der Waals surface area (Å²) in [6.07, 6.45) is 0. The number of benzene rings is 2. The molecular weight excluding hydrogens is 365 g/mol. The molecule has 0 saturated carbocycles. The number of hydrogen-bond acceptors (Lipinski definition) is 1. The fourth-order valence-corrected chi connectivity index (χ4v) is 2.86. The molecule has 0 bridgehead atoms. The number of fused-ring (bicyclic) bond motifs is 2. The third-order valence-electron chi connectivity index (χ3n) is 2.63. The van der Waals surface area contributed by atoms with Crippen molar-refractivity contribution in [2.75, 3.05) is 0 Å². The molecule has 0 radical (unpaired) electrons. The molecule has 0 unspecified atom stereocenters. The van der Waals surface area contributed by atoms with Gasteiger partial charge in [0.1, 0.15) is 0 Å². The molecule has 3 aromatic rings. The monoisotopic (exact) mass is 369 g/mol. The number of aromatic nitrogens is 1. The number of nitrogens with zero attached hydrogens (tertiary/aromatic N) is 1. The number of pyridine rings is 1. The average Bonchev–Trinajstić information content (AvgIpc) is 2.32. The van der Waals surface area contributed by atoms with Gasteiger partial charge in [0.2, 0.25) is 0 Å². The van der Waals surface area contributed by atoms with Gasteiger partial charge in [-0.2, -0.15) is 0 Å². The first-order valence-electron chi connectivity index (χ1n) is 4.99. The van der Waals surface area contributed by atoms with E-state index in [4.69, 9.17) is 11.6 Å². The van der Waals surface area contributed by atoms with Gasteiger partial charge in [0, 0.05) is 19.7 Å². The maximum atomic E-state index is 6.44. The van der Waals surface area contributed by atoms with Crippen LogP contribution in [0.3, 0.4) is 0 Å². The van der Waals surface area contributed by atoms with E-state index in [1.807, 2.05) is 36.4 Å². The molecule has 0 amide bonds. The molecule has 0 fully saturated rings. The van der Waals surface area contributed by atoms with Crippen molar-refractivity contribution in [1.29, 1.82) is 0 Å². The predicted molar refractivity (Wildman–Crippen MR) is 79.7 cm³/mol. The molecule has 0 spiro atoms. The summed E-state index contributed by atoms with van der Waals surface area (Å²) in [6, 6.07) is 11.8. The molecule has 0 aliphatic heterocycles. The second-order valence-electron chi connectivity index (χ2n) is 3.75. The van der Waals surface area contributed by atoms with E-state index >= 15 is 0 Å². The first-order valence-corrected chi connectivity index (χ1v) is 6.95. The summed E-state index contributed by atoms with van der Waals surface area (Å²) < 4.78 is 2.01. The van der Waals surface area contributed by atoms with Gasteiger partial charge in [0.15, 0.2) is 0 Å². The highest BCUT2D eigenvalue weighted by Gasteiger charge is 2.07. The Morgan fingerprint density at radius 3 is 1.76 bits per heavy atom. The Kier molecular flexibility index (Phi) is 2.85. The third-order valence-corrected chi connectivity index (χ3v) is 4.02. The molecule has 1 nitrogen and oxygen atoms in total. The summed E-state index contributed by atoms with van der Waals surface area (Å²) in [5, 5.41) is 2.67. The Morgan fingerprint density at radius 1 is 0.824 bits per heavy atom. The summed E-state index contributed by atoms with van der Waals surface area (Å²) >= 11 is 13.3. The van der Waals surface area contributed by atoms with Crippen LogP contribution in [0.15, 0.2) is 45.3 Å². The number of halogens is 3. The van der Waals surface area contributed by atoms with E-state index in [0.717, 1.165) is 35.8 Å². The van der Waals surface area contributed by atoms with Gasteiger partial charge in [-0.1, -0.05) is 43.5 Å². The topological polar surface area (TPSA) is 12.9 Å². The summed E-state index contributed by atoms with van der Waals surface area (Å²) in [4.78, 5) is 4.59. The molecule has 0 N–H and O–H groups in total. The van der Waals surface area contributed by atoms with E-state index in [1.54, 1.807) is 0 Å². The summed E-state index contributed by atoms with van der Waals surface area (Å²) in [5.41, 5.74) is 1.82. The molecule has 0 saturated heterocycles. The molecule has 1 aromatic heterocycles. The van der Waals surface area contributed by atoms with Crippen LogP contribution in [-0.4, -0.2) is 4.98 Å². The number of hydrogen-bond donors (Lipinski definition) is 0. The minimum atomic E-state index is 0.743. The standard InChI is InChI=1S/C13H6Br2ClN/c14-7-1-3-11-9(5-7)13(16)10-6-8(15)2-4-12(10)17-11/h1-6H. The van der Waals surface area contributed by atoms with Crippen molar-refractivity contribution >= 4 is 65.3 Å². The van der Waals surface area contributed by atoms with Crippen molar-refractivity contribution < 1.29 is 0 Å².